The van der Waals surface area contributed by atoms with E-state index >= 15 is 0 Å². The van der Waals surface area contributed by atoms with Crippen LogP contribution in [-0.4, -0.2) is 0 Å². The average Bonchev–Trinajstić information content (AvgIpc) is 2.07. The summed E-state index contributed by atoms with van der Waals surface area (Å²) in [5, 5.41) is 0. The van der Waals surface area contributed by atoms with Crippen LogP contribution in [0.25, 0.3) is 0 Å². The van der Waals surface area contributed by atoms with Crippen LogP contribution in [0.3, 0.4) is 0 Å². The Bertz CT molecular complexity index is 314. The summed E-state index contributed by atoms with van der Waals surface area (Å²) >= 11 is 6.42. The quantitative estimate of drug-likeness (QED) is 0.730. The first-order valence-corrected chi connectivity index (χ1v) is 4.86. The predicted molar refractivity (Wildman–Crippen MR) is 52.6 cm³/mol. The van der Waals surface area contributed by atoms with Gasteiger partial charge in [-0.2, -0.15) is 0 Å². The predicted octanol–water partition coefficient (Wildman–Crippen LogP) is 3.37. The lowest BCUT2D eigenvalue weighted by Crippen LogP contribution is -2.03. The Morgan fingerprint density at radius 1 is 0.833 bits per heavy atom. The monoisotopic (exact) mass is 290 g/mol. The van der Waals surface area contributed by atoms with Crippen molar-refractivity contribution in [1.29, 1.82) is 0 Å². The summed E-state index contributed by atoms with van der Waals surface area (Å²) in [5.74, 6) is 1.43. The number of hydrogen-bond donors (Lipinski definition) is 0. The molecule has 1 aliphatic rings. The van der Waals surface area contributed by atoms with Crippen LogP contribution < -0.4 is 9.47 Å². The highest BCUT2D eigenvalue weighted by molar-refractivity contribution is 9.14. The van der Waals surface area contributed by atoms with E-state index in [9.17, 15) is 0 Å². The fourth-order valence-electron chi connectivity index (χ4n) is 0.892. The van der Waals surface area contributed by atoms with Crippen molar-refractivity contribution in [2.24, 2.45) is 0 Å². The SMILES string of the molecule is BrC1=C(Br)Oc2ccccc2O1. The second kappa shape index (κ2) is 3.11. The molecule has 4 heteroatoms. The fraction of sp³-hybridized carbons (Fsp3) is 0. The third kappa shape index (κ3) is 1.36. The molecule has 0 amide bonds. The van der Waals surface area contributed by atoms with E-state index in [-0.39, 0.29) is 0 Å². The lowest BCUT2D eigenvalue weighted by Gasteiger charge is -2.16. The normalized spacial score (nSPS) is 14.8. The maximum absolute atomic E-state index is 5.37. The van der Waals surface area contributed by atoms with E-state index in [1.54, 1.807) is 0 Å². The van der Waals surface area contributed by atoms with Gasteiger partial charge in [0.1, 0.15) is 0 Å². The third-order valence-electron chi connectivity index (χ3n) is 1.40. The molecule has 2 nitrogen and oxygen atoms in total. The molecule has 0 saturated heterocycles. The van der Waals surface area contributed by atoms with Gasteiger partial charge in [0.2, 0.25) is 9.34 Å². The standard InChI is InChI=1S/C8H4Br2O2/c9-7-8(10)12-6-4-2-1-3-5(6)11-7/h1-4H. The summed E-state index contributed by atoms with van der Waals surface area (Å²) in [6, 6.07) is 7.47. The molecule has 1 aliphatic heterocycles. The molecule has 0 aromatic heterocycles. The van der Waals surface area contributed by atoms with Crippen molar-refractivity contribution in [1.82, 2.24) is 0 Å². The molecule has 1 aromatic carbocycles. The molecule has 0 saturated carbocycles. The number of rotatable bonds is 0. The van der Waals surface area contributed by atoms with Crippen molar-refractivity contribution in [2.75, 3.05) is 0 Å². The van der Waals surface area contributed by atoms with Crippen molar-refractivity contribution in [3.8, 4) is 11.5 Å². The number of fused-ring (bicyclic) bond motifs is 1. The van der Waals surface area contributed by atoms with Gasteiger partial charge in [-0.1, -0.05) is 12.1 Å². The smallest absolute Gasteiger partial charge is 0.219 e. The molecule has 0 radical (unpaired) electrons. The summed E-state index contributed by atoms with van der Waals surface area (Å²) in [5.41, 5.74) is 0. The minimum Gasteiger partial charge on any atom is -0.442 e. The van der Waals surface area contributed by atoms with Crippen molar-refractivity contribution < 1.29 is 9.47 Å². The lowest BCUT2D eigenvalue weighted by atomic mass is 10.3. The van der Waals surface area contributed by atoms with E-state index in [1.165, 1.54) is 0 Å². The first kappa shape index (κ1) is 8.13. The number of ether oxygens (including phenoxy) is 2. The Morgan fingerprint density at radius 3 is 1.67 bits per heavy atom. The van der Waals surface area contributed by atoms with Gasteiger partial charge in [-0.25, -0.2) is 0 Å². The van der Waals surface area contributed by atoms with E-state index in [4.69, 9.17) is 9.47 Å². The van der Waals surface area contributed by atoms with Gasteiger partial charge in [0, 0.05) is 0 Å². The molecular weight excluding hydrogens is 288 g/mol. The molecule has 0 bridgehead atoms. The van der Waals surface area contributed by atoms with Crippen LogP contribution in [0.2, 0.25) is 0 Å². The van der Waals surface area contributed by atoms with Crippen molar-refractivity contribution >= 4 is 31.9 Å². The second-order valence-electron chi connectivity index (χ2n) is 2.20. The van der Waals surface area contributed by atoms with Gasteiger partial charge in [-0.05, 0) is 44.0 Å². The largest absolute Gasteiger partial charge is 0.442 e. The number of hydrogen-bond acceptors (Lipinski definition) is 2. The Morgan fingerprint density at radius 2 is 1.25 bits per heavy atom. The second-order valence-corrected chi connectivity index (χ2v) is 3.64. The summed E-state index contributed by atoms with van der Waals surface area (Å²) in [6.07, 6.45) is 0. The van der Waals surface area contributed by atoms with E-state index in [0.717, 1.165) is 0 Å². The van der Waals surface area contributed by atoms with Crippen molar-refractivity contribution in [3.63, 3.8) is 0 Å². The maximum atomic E-state index is 5.37. The number of benzene rings is 1. The highest BCUT2D eigenvalue weighted by atomic mass is 79.9. The molecule has 0 spiro atoms. The molecule has 12 heavy (non-hydrogen) atoms. The molecule has 0 unspecified atom stereocenters. The van der Waals surface area contributed by atoms with Crippen molar-refractivity contribution in [3.05, 3.63) is 33.6 Å². The van der Waals surface area contributed by atoms with Gasteiger partial charge in [-0.15, -0.1) is 0 Å². The third-order valence-corrected chi connectivity index (χ3v) is 2.98. The van der Waals surface area contributed by atoms with E-state index in [2.05, 4.69) is 31.9 Å². The molecule has 0 aliphatic carbocycles. The van der Waals surface area contributed by atoms with E-state index in [0.29, 0.717) is 20.8 Å². The molecule has 0 atom stereocenters. The average molecular weight is 292 g/mol. The van der Waals surface area contributed by atoms with Crippen LogP contribution in [-0.2, 0) is 0 Å². The molecule has 2 rings (SSSR count). The van der Waals surface area contributed by atoms with Crippen LogP contribution in [0.1, 0.15) is 0 Å². The molecule has 0 N–H and O–H groups in total. The molecule has 0 fully saturated rings. The van der Waals surface area contributed by atoms with Gasteiger partial charge < -0.3 is 9.47 Å². The highest BCUT2D eigenvalue weighted by Crippen LogP contribution is 2.37. The topological polar surface area (TPSA) is 18.5 Å². The summed E-state index contributed by atoms with van der Waals surface area (Å²) in [6.45, 7) is 0. The summed E-state index contributed by atoms with van der Waals surface area (Å²) in [4.78, 5) is 0. The highest BCUT2D eigenvalue weighted by Gasteiger charge is 2.16. The van der Waals surface area contributed by atoms with Crippen LogP contribution >= 0.6 is 31.9 Å². The Kier molecular flexibility index (Phi) is 2.11. The Hall–Kier alpha value is -0.480. The van der Waals surface area contributed by atoms with Gasteiger partial charge in [0.05, 0.1) is 0 Å². The zero-order valence-corrected chi connectivity index (χ0v) is 9.05. The van der Waals surface area contributed by atoms with E-state index < -0.39 is 0 Å². The van der Waals surface area contributed by atoms with Crippen LogP contribution in [0, 0.1) is 0 Å². The fourth-order valence-corrected chi connectivity index (χ4v) is 1.40. The maximum Gasteiger partial charge on any atom is 0.219 e. The number of para-hydroxylation sites is 2. The van der Waals surface area contributed by atoms with E-state index in [1.807, 2.05) is 24.3 Å². The molecule has 1 heterocycles. The first-order chi connectivity index (χ1) is 5.77. The molecule has 1 aromatic rings. The summed E-state index contributed by atoms with van der Waals surface area (Å²) < 4.78 is 11.9. The Balaban J connectivity index is 2.43. The zero-order chi connectivity index (χ0) is 8.55. The van der Waals surface area contributed by atoms with Crippen molar-refractivity contribution in [2.45, 2.75) is 0 Å². The minimum absolute atomic E-state index is 0.557. The zero-order valence-electron chi connectivity index (χ0n) is 5.88. The number of halogens is 2. The van der Waals surface area contributed by atoms with Gasteiger partial charge in [-0.3, -0.25) is 0 Å². The van der Waals surface area contributed by atoms with Crippen LogP contribution in [0.5, 0.6) is 11.5 Å². The van der Waals surface area contributed by atoms with Crippen LogP contribution in [0.4, 0.5) is 0 Å². The minimum atomic E-state index is 0.557. The molecular formula is C8H4Br2O2. The first-order valence-electron chi connectivity index (χ1n) is 3.27. The summed E-state index contributed by atoms with van der Waals surface area (Å²) in [7, 11) is 0. The van der Waals surface area contributed by atoms with Gasteiger partial charge >= 0.3 is 0 Å². The van der Waals surface area contributed by atoms with Crippen LogP contribution in [0.15, 0.2) is 33.6 Å². The Labute approximate surface area is 86.4 Å². The van der Waals surface area contributed by atoms with Gasteiger partial charge in [0.25, 0.3) is 0 Å². The molecule has 62 valence electrons. The lowest BCUT2D eigenvalue weighted by molar-refractivity contribution is 0.347. The van der Waals surface area contributed by atoms with Gasteiger partial charge in [0.15, 0.2) is 11.5 Å².